The van der Waals surface area contributed by atoms with Crippen molar-refractivity contribution < 1.29 is 39.6 Å². The van der Waals surface area contributed by atoms with Crippen molar-refractivity contribution in [3.8, 4) is 0 Å². The van der Waals surface area contributed by atoms with Crippen LogP contribution in [0.1, 0.15) is 52.4 Å². The van der Waals surface area contributed by atoms with Gasteiger partial charge in [0.15, 0.2) is 11.8 Å². The smallest absolute Gasteiger partial charge is 0.318 e. The van der Waals surface area contributed by atoms with Crippen molar-refractivity contribution in [3.05, 3.63) is 0 Å². The topological polar surface area (TPSA) is 149 Å². The highest BCUT2D eigenvalue weighted by atomic mass is 16.4. The summed E-state index contributed by atoms with van der Waals surface area (Å²) in [4.78, 5) is 44.7. The Bertz CT molecular complexity index is 431. The van der Waals surface area contributed by atoms with Gasteiger partial charge in [-0.3, -0.25) is 19.2 Å². The number of hydrogen-bond acceptors (Lipinski definition) is 4. The van der Waals surface area contributed by atoms with Crippen molar-refractivity contribution in [3.63, 3.8) is 0 Å². The van der Waals surface area contributed by atoms with Gasteiger partial charge in [0.25, 0.3) is 0 Å². The fraction of sp³-hybridized carbons (Fsp3) is 0.750. The van der Waals surface area contributed by atoms with Gasteiger partial charge in [0.1, 0.15) is 0 Å². The minimum Gasteiger partial charge on any atom is -0.481 e. The minimum absolute atomic E-state index is 0.0847. The molecule has 0 aromatic carbocycles. The van der Waals surface area contributed by atoms with Crippen LogP contribution in [-0.4, -0.2) is 44.3 Å². The molecule has 0 aromatic rings. The van der Waals surface area contributed by atoms with Gasteiger partial charge < -0.3 is 20.4 Å². The van der Waals surface area contributed by atoms with Crippen molar-refractivity contribution >= 4 is 23.9 Å². The summed E-state index contributed by atoms with van der Waals surface area (Å²) in [7, 11) is 0. The third kappa shape index (κ3) is 6.97. The standard InChI is InChI=1S/C16H26O8/c1-3-4-5-6-7-10(12(15(21)22)16(23)24)8-9(2)11(13(17)18)14(19)20/h9-12H,3-8H2,1-2H3,(H,17,18)(H,19,20)(H,21,22)(H,23,24). The summed E-state index contributed by atoms with van der Waals surface area (Å²) in [6.45, 7) is 3.40. The highest BCUT2D eigenvalue weighted by Crippen LogP contribution is 2.31. The van der Waals surface area contributed by atoms with Gasteiger partial charge in [-0.25, -0.2) is 0 Å². The second kappa shape index (κ2) is 10.6. The van der Waals surface area contributed by atoms with Gasteiger partial charge >= 0.3 is 23.9 Å². The molecule has 0 aliphatic carbocycles. The van der Waals surface area contributed by atoms with Gasteiger partial charge in [0, 0.05) is 0 Å². The second-order valence-corrected chi connectivity index (χ2v) is 6.13. The van der Waals surface area contributed by atoms with Crippen molar-refractivity contribution in [1.29, 1.82) is 0 Å². The van der Waals surface area contributed by atoms with Crippen molar-refractivity contribution in [2.24, 2.45) is 23.7 Å². The predicted octanol–water partition coefficient (Wildman–Crippen LogP) is 2.17. The molecule has 2 atom stereocenters. The normalized spacial score (nSPS) is 13.7. The summed E-state index contributed by atoms with van der Waals surface area (Å²) < 4.78 is 0. The van der Waals surface area contributed by atoms with E-state index in [1.165, 1.54) is 6.92 Å². The number of carboxylic acids is 4. The average Bonchev–Trinajstić information content (AvgIpc) is 2.41. The van der Waals surface area contributed by atoms with E-state index < -0.39 is 47.5 Å². The van der Waals surface area contributed by atoms with E-state index in [0.29, 0.717) is 12.8 Å². The highest BCUT2D eigenvalue weighted by Gasteiger charge is 2.39. The number of carboxylic acid groups (broad SMARTS) is 4. The molecule has 0 spiro atoms. The predicted molar refractivity (Wildman–Crippen MR) is 83.6 cm³/mol. The maximum Gasteiger partial charge on any atom is 0.318 e. The third-order valence-corrected chi connectivity index (χ3v) is 4.21. The maximum atomic E-state index is 11.3. The second-order valence-electron chi connectivity index (χ2n) is 6.13. The Balaban J connectivity index is 5.22. The molecule has 24 heavy (non-hydrogen) atoms. The van der Waals surface area contributed by atoms with Gasteiger partial charge in [0.05, 0.1) is 0 Å². The Morgan fingerprint density at radius 2 is 1.21 bits per heavy atom. The van der Waals surface area contributed by atoms with Gasteiger partial charge in [-0.15, -0.1) is 0 Å². The number of unbranched alkanes of at least 4 members (excludes halogenated alkanes) is 3. The quantitative estimate of drug-likeness (QED) is 0.293. The molecule has 2 unspecified atom stereocenters. The van der Waals surface area contributed by atoms with Crippen LogP contribution in [0.5, 0.6) is 0 Å². The fourth-order valence-electron chi connectivity index (χ4n) is 2.97. The largest absolute Gasteiger partial charge is 0.481 e. The molecular formula is C16H26O8. The maximum absolute atomic E-state index is 11.3. The molecule has 8 heteroatoms. The molecule has 0 fully saturated rings. The molecule has 4 N–H and O–H groups in total. The molecule has 0 aliphatic rings. The fourth-order valence-corrected chi connectivity index (χ4v) is 2.97. The van der Waals surface area contributed by atoms with Crippen molar-refractivity contribution in [1.82, 2.24) is 0 Å². The van der Waals surface area contributed by atoms with E-state index in [4.69, 9.17) is 10.2 Å². The lowest BCUT2D eigenvalue weighted by atomic mass is 9.77. The summed E-state index contributed by atoms with van der Waals surface area (Å²) in [6.07, 6.45) is 3.54. The van der Waals surface area contributed by atoms with Crippen LogP contribution in [-0.2, 0) is 19.2 Å². The van der Waals surface area contributed by atoms with E-state index in [0.717, 1.165) is 19.3 Å². The Morgan fingerprint density at radius 3 is 1.58 bits per heavy atom. The summed E-state index contributed by atoms with van der Waals surface area (Å²) >= 11 is 0. The van der Waals surface area contributed by atoms with Crippen LogP contribution in [0.4, 0.5) is 0 Å². The molecule has 0 bridgehead atoms. The zero-order chi connectivity index (χ0) is 18.9. The van der Waals surface area contributed by atoms with E-state index in [-0.39, 0.29) is 6.42 Å². The summed E-state index contributed by atoms with van der Waals surface area (Å²) in [5, 5.41) is 36.4. The van der Waals surface area contributed by atoms with E-state index in [9.17, 15) is 29.4 Å². The molecular weight excluding hydrogens is 320 g/mol. The van der Waals surface area contributed by atoms with Crippen LogP contribution in [0, 0.1) is 23.7 Å². The lowest BCUT2D eigenvalue weighted by Crippen LogP contribution is -2.36. The molecule has 0 rings (SSSR count). The van der Waals surface area contributed by atoms with Gasteiger partial charge in [-0.2, -0.15) is 0 Å². The first-order chi connectivity index (χ1) is 11.1. The first-order valence-corrected chi connectivity index (χ1v) is 8.04. The van der Waals surface area contributed by atoms with Crippen LogP contribution >= 0.6 is 0 Å². The Kier molecular flexibility index (Phi) is 9.68. The summed E-state index contributed by atoms with van der Waals surface area (Å²) in [6, 6.07) is 0. The van der Waals surface area contributed by atoms with Crippen molar-refractivity contribution in [2.75, 3.05) is 0 Å². The van der Waals surface area contributed by atoms with Gasteiger partial charge in [-0.05, 0) is 24.7 Å². The zero-order valence-corrected chi connectivity index (χ0v) is 14.0. The molecule has 0 aromatic heterocycles. The first kappa shape index (κ1) is 21.9. The molecule has 0 heterocycles. The van der Waals surface area contributed by atoms with E-state index in [1.807, 2.05) is 6.92 Å². The van der Waals surface area contributed by atoms with E-state index >= 15 is 0 Å². The zero-order valence-electron chi connectivity index (χ0n) is 14.0. The number of rotatable bonds is 13. The lowest BCUT2D eigenvalue weighted by Gasteiger charge is -2.26. The summed E-state index contributed by atoms with van der Waals surface area (Å²) in [5.74, 6) is -11.0. The monoisotopic (exact) mass is 346 g/mol. The Hall–Kier alpha value is -2.12. The van der Waals surface area contributed by atoms with Gasteiger partial charge in [-0.1, -0.05) is 39.5 Å². The van der Waals surface area contributed by atoms with Crippen LogP contribution in [0.2, 0.25) is 0 Å². The Labute approximate surface area is 140 Å². The number of aliphatic carboxylic acids is 4. The van der Waals surface area contributed by atoms with Crippen LogP contribution in [0.25, 0.3) is 0 Å². The van der Waals surface area contributed by atoms with E-state index in [1.54, 1.807) is 0 Å². The van der Waals surface area contributed by atoms with Crippen molar-refractivity contribution in [2.45, 2.75) is 52.4 Å². The minimum atomic E-state index is -1.69. The molecule has 138 valence electrons. The first-order valence-electron chi connectivity index (χ1n) is 8.04. The highest BCUT2D eigenvalue weighted by molar-refractivity contribution is 5.94. The molecule has 0 amide bonds. The van der Waals surface area contributed by atoms with Crippen LogP contribution in [0.15, 0.2) is 0 Å². The summed E-state index contributed by atoms with van der Waals surface area (Å²) in [5.41, 5.74) is 0. The van der Waals surface area contributed by atoms with E-state index in [2.05, 4.69) is 0 Å². The Morgan fingerprint density at radius 1 is 0.750 bits per heavy atom. The molecule has 0 saturated carbocycles. The third-order valence-electron chi connectivity index (χ3n) is 4.21. The number of hydrogen-bond donors (Lipinski definition) is 4. The molecule has 0 radical (unpaired) electrons. The van der Waals surface area contributed by atoms with Gasteiger partial charge in [0.2, 0.25) is 0 Å². The SMILES string of the molecule is CCCCCCC(CC(C)C(C(=O)O)C(=O)O)C(C(=O)O)C(=O)O. The molecule has 0 aliphatic heterocycles. The van der Waals surface area contributed by atoms with Crippen LogP contribution < -0.4 is 0 Å². The lowest BCUT2D eigenvalue weighted by molar-refractivity contribution is -0.158. The van der Waals surface area contributed by atoms with Crippen LogP contribution in [0.3, 0.4) is 0 Å². The molecule has 0 saturated heterocycles. The molecule has 8 nitrogen and oxygen atoms in total. The average molecular weight is 346 g/mol. The number of carbonyl (C=O) groups is 4.